The molecule has 1 aromatic rings. The van der Waals surface area contributed by atoms with Gasteiger partial charge in [0, 0.05) is 19.2 Å². The average molecular weight is 289 g/mol. The Balaban J connectivity index is 2.68. The van der Waals surface area contributed by atoms with Gasteiger partial charge in [-0.25, -0.2) is 0 Å². The molecule has 0 spiro atoms. The lowest BCUT2D eigenvalue weighted by Crippen LogP contribution is -2.23. The number of benzene rings is 1. The summed E-state index contributed by atoms with van der Waals surface area (Å²) in [7, 11) is 0. The van der Waals surface area contributed by atoms with E-state index < -0.39 is 11.0 Å². The maximum atomic E-state index is 10.7. The summed E-state index contributed by atoms with van der Waals surface area (Å²) in [5.41, 5.74) is 0.867. The van der Waals surface area contributed by atoms with Crippen molar-refractivity contribution in [2.24, 2.45) is 0 Å². The molecule has 1 aromatic carbocycles. The third-order valence-corrected chi connectivity index (χ3v) is 2.65. The van der Waals surface area contributed by atoms with Crippen LogP contribution in [-0.2, 0) is 6.54 Å². The van der Waals surface area contributed by atoms with E-state index in [1.165, 1.54) is 6.07 Å². The molecule has 6 heteroatoms. The van der Waals surface area contributed by atoms with E-state index in [-0.39, 0.29) is 5.69 Å². The van der Waals surface area contributed by atoms with E-state index in [0.717, 1.165) is 5.56 Å². The Hall–Kier alpha value is -0.980. The van der Waals surface area contributed by atoms with Crippen molar-refractivity contribution in [2.75, 3.05) is 6.54 Å². The first-order chi connectivity index (χ1) is 7.50. The van der Waals surface area contributed by atoms with Crippen molar-refractivity contribution < 1.29 is 10.0 Å². The molecule has 0 bridgehead atoms. The molecule has 2 N–H and O–H groups in total. The van der Waals surface area contributed by atoms with Crippen LogP contribution in [0.25, 0.3) is 0 Å². The minimum Gasteiger partial charge on any atom is -0.392 e. The van der Waals surface area contributed by atoms with Crippen molar-refractivity contribution >= 4 is 21.6 Å². The predicted molar refractivity (Wildman–Crippen MR) is 64.2 cm³/mol. The Labute approximate surface area is 102 Å². The fraction of sp³-hybridized carbons (Fsp3) is 0.400. The third-order valence-electron chi connectivity index (χ3n) is 1.98. The quantitative estimate of drug-likeness (QED) is 0.640. The molecular weight excluding hydrogens is 276 g/mol. The van der Waals surface area contributed by atoms with Gasteiger partial charge in [0.2, 0.25) is 0 Å². The van der Waals surface area contributed by atoms with Gasteiger partial charge in [-0.2, -0.15) is 0 Å². The molecule has 0 aliphatic rings. The van der Waals surface area contributed by atoms with Crippen LogP contribution in [-0.4, -0.2) is 22.7 Å². The van der Waals surface area contributed by atoms with Gasteiger partial charge in [-0.1, -0.05) is 6.07 Å². The van der Waals surface area contributed by atoms with E-state index in [1.807, 2.05) is 0 Å². The molecular formula is C10H13BrN2O3. The Morgan fingerprint density at radius 1 is 1.62 bits per heavy atom. The Morgan fingerprint density at radius 3 is 2.88 bits per heavy atom. The van der Waals surface area contributed by atoms with Crippen molar-refractivity contribution in [3.8, 4) is 0 Å². The van der Waals surface area contributed by atoms with E-state index in [1.54, 1.807) is 19.1 Å². The summed E-state index contributed by atoms with van der Waals surface area (Å²) >= 11 is 3.12. The van der Waals surface area contributed by atoms with Gasteiger partial charge < -0.3 is 10.4 Å². The van der Waals surface area contributed by atoms with Crippen molar-refractivity contribution in [2.45, 2.75) is 19.6 Å². The van der Waals surface area contributed by atoms with Crippen LogP contribution in [0.1, 0.15) is 12.5 Å². The number of nitro groups is 1. The molecule has 0 saturated heterocycles. The van der Waals surface area contributed by atoms with Gasteiger partial charge >= 0.3 is 0 Å². The summed E-state index contributed by atoms with van der Waals surface area (Å²) in [6.45, 7) is 2.64. The number of aliphatic hydroxyl groups is 1. The molecule has 0 saturated carbocycles. The largest absolute Gasteiger partial charge is 0.392 e. The normalized spacial score (nSPS) is 12.4. The lowest BCUT2D eigenvalue weighted by molar-refractivity contribution is -0.385. The minimum atomic E-state index is -0.428. The molecule has 88 valence electrons. The van der Waals surface area contributed by atoms with Gasteiger partial charge in [0.25, 0.3) is 5.69 Å². The maximum absolute atomic E-state index is 10.7. The number of halogens is 1. The van der Waals surface area contributed by atoms with Gasteiger partial charge in [-0.05, 0) is 34.5 Å². The molecule has 0 unspecified atom stereocenters. The zero-order chi connectivity index (χ0) is 12.1. The molecule has 1 atom stereocenters. The first-order valence-corrected chi connectivity index (χ1v) is 5.61. The molecule has 0 fully saturated rings. The molecule has 0 aliphatic heterocycles. The summed E-state index contributed by atoms with van der Waals surface area (Å²) in [5.74, 6) is 0. The highest BCUT2D eigenvalue weighted by molar-refractivity contribution is 9.10. The molecule has 0 heterocycles. The van der Waals surface area contributed by atoms with E-state index in [2.05, 4.69) is 21.2 Å². The van der Waals surface area contributed by atoms with Crippen molar-refractivity contribution in [1.82, 2.24) is 5.32 Å². The topological polar surface area (TPSA) is 75.4 Å². The van der Waals surface area contributed by atoms with Crippen LogP contribution >= 0.6 is 15.9 Å². The third kappa shape index (κ3) is 3.88. The number of hydrogen-bond acceptors (Lipinski definition) is 4. The first-order valence-electron chi connectivity index (χ1n) is 4.82. The van der Waals surface area contributed by atoms with Crippen LogP contribution in [0, 0.1) is 10.1 Å². The van der Waals surface area contributed by atoms with Crippen LogP contribution in [0.3, 0.4) is 0 Å². The van der Waals surface area contributed by atoms with E-state index in [9.17, 15) is 10.1 Å². The van der Waals surface area contributed by atoms with Crippen LogP contribution < -0.4 is 5.32 Å². The number of aliphatic hydroxyl groups excluding tert-OH is 1. The highest BCUT2D eigenvalue weighted by atomic mass is 79.9. The van der Waals surface area contributed by atoms with E-state index in [4.69, 9.17) is 5.11 Å². The lowest BCUT2D eigenvalue weighted by Gasteiger charge is -2.07. The molecule has 1 rings (SSSR count). The molecule has 5 nitrogen and oxygen atoms in total. The average Bonchev–Trinajstić information content (AvgIpc) is 2.19. The van der Waals surface area contributed by atoms with Gasteiger partial charge in [0.1, 0.15) is 0 Å². The highest BCUT2D eigenvalue weighted by Gasteiger charge is 2.11. The zero-order valence-corrected chi connectivity index (χ0v) is 10.4. The summed E-state index contributed by atoms with van der Waals surface area (Å²) in [6, 6.07) is 4.96. The maximum Gasteiger partial charge on any atom is 0.283 e. The molecule has 16 heavy (non-hydrogen) atoms. The first kappa shape index (κ1) is 13.1. The van der Waals surface area contributed by atoms with Crippen LogP contribution in [0.4, 0.5) is 5.69 Å². The molecule has 0 radical (unpaired) electrons. The smallest absolute Gasteiger partial charge is 0.283 e. The minimum absolute atomic E-state index is 0.0522. The van der Waals surface area contributed by atoms with Crippen molar-refractivity contribution in [3.63, 3.8) is 0 Å². The Morgan fingerprint density at radius 2 is 2.31 bits per heavy atom. The van der Waals surface area contributed by atoms with Gasteiger partial charge in [0.05, 0.1) is 15.5 Å². The Bertz CT molecular complexity index is 382. The highest BCUT2D eigenvalue weighted by Crippen LogP contribution is 2.25. The molecule has 0 aromatic heterocycles. The number of hydrogen-bond donors (Lipinski definition) is 2. The second kappa shape index (κ2) is 5.93. The van der Waals surface area contributed by atoms with Crippen LogP contribution in [0.15, 0.2) is 22.7 Å². The summed E-state index contributed by atoms with van der Waals surface area (Å²) < 4.78 is 0.469. The van der Waals surface area contributed by atoms with E-state index >= 15 is 0 Å². The Kier molecular flexibility index (Phi) is 4.85. The number of rotatable bonds is 5. The standard InChI is InChI=1S/C10H13BrN2O3/c1-7(14)5-12-6-8-2-3-9(11)10(4-8)13(15)16/h2-4,7,12,14H,5-6H2,1H3/t7-/m1/s1. The number of nitrogens with one attached hydrogen (secondary N) is 1. The lowest BCUT2D eigenvalue weighted by atomic mass is 10.2. The second-order valence-corrected chi connectivity index (χ2v) is 4.38. The summed E-state index contributed by atoms with van der Waals surface area (Å²) in [5, 5.41) is 22.7. The van der Waals surface area contributed by atoms with Gasteiger partial charge in [-0.3, -0.25) is 10.1 Å². The molecule has 0 amide bonds. The second-order valence-electron chi connectivity index (χ2n) is 3.52. The monoisotopic (exact) mass is 288 g/mol. The summed E-state index contributed by atoms with van der Waals surface area (Å²) in [6.07, 6.45) is -0.426. The fourth-order valence-electron chi connectivity index (χ4n) is 1.23. The zero-order valence-electron chi connectivity index (χ0n) is 8.81. The van der Waals surface area contributed by atoms with Crippen molar-refractivity contribution in [3.05, 3.63) is 38.3 Å². The molecule has 0 aliphatic carbocycles. The van der Waals surface area contributed by atoms with Gasteiger partial charge in [-0.15, -0.1) is 0 Å². The van der Waals surface area contributed by atoms with Gasteiger partial charge in [0.15, 0.2) is 0 Å². The summed E-state index contributed by atoms with van der Waals surface area (Å²) in [4.78, 5) is 10.2. The fourth-order valence-corrected chi connectivity index (χ4v) is 1.62. The van der Waals surface area contributed by atoms with Crippen molar-refractivity contribution in [1.29, 1.82) is 0 Å². The predicted octanol–water partition coefficient (Wildman–Crippen LogP) is 1.83. The SMILES string of the molecule is C[C@@H](O)CNCc1ccc(Br)c([N+](=O)[O-])c1. The van der Waals surface area contributed by atoms with Crippen LogP contribution in [0.5, 0.6) is 0 Å². The van der Waals surface area contributed by atoms with E-state index in [0.29, 0.717) is 17.6 Å². The van der Waals surface area contributed by atoms with Crippen LogP contribution in [0.2, 0.25) is 0 Å². The number of nitrogens with zero attached hydrogens (tertiary/aromatic N) is 1. The number of nitro benzene ring substituents is 1.